The van der Waals surface area contributed by atoms with E-state index in [0.29, 0.717) is 11.7 Å². The number of H-pyrrole nitrogens is 1. The molecule has 1 heterocycles. The minimum atomic E-state index is -0.320. The SMILES string of the molecule is CCCn1c(S[C@H](C)C(=O)N[C@@H]2CCCc3ccccc32)n[nH]c1=O. The summed E-state index contributed by atoms with van der Waals surface area (Å²) < 4.78 is 1.59. The van der Waals surface area contributed by atoms with E-state index in [-0.39, 0.29) is 22.9 Å². The lowest BCUT2D eigenvalue weighted by Gasteiger charge is -2.27. The summed E-state index contributed by atoms with van der Waals surface area (Å²) in [5, 5.41) is 9.93. The molecule has 1 aliphatic carbocycles. The maximum absolute atomic E-state index is 12.6. The zero-order chi connectivity index (χ0) is 17.8. The zero-order valence-electron chi connectivity index (χ0n) is 14.6. The van der Waals surface area contributed by atoms with Crippen LogP contribution >= 0.6 is 11.8 Å². The highest BCUT2D eigenvalue weighted by molar-refractivity contribution is 8.00. The van der Waals surface area contributed by atoms with Gasteiger partial charge < -0.3 is 5.32 Å². The molecule has 0 saturated heterocycles. The van der Waals surface area contributed by atoms with Crippen molar-refractivity contribution in [1.82, 2.24) is 20.1 Å². The van der Waals surface area contributed by atoms with Crippen molar-refractivity contribution in [3.8, 4) is 0 Å². The summed E-state index contributed by atoms with van der Waals surface area (Å²) >= 11 is 1.32. The van der Waals surface area contributed by atoms with Crippen LogP contribution in [-0.2, 0) is 17.8 Å². The molecule has 7 heteroatoms. The number of aromatic nitrogens is 3. The number of carbonyl (C=O) groups excluding carboxylic acids is 1. The summed E-state index contributed by atoms with van der Waals surface area (Å²) in [4.78, 5) is 24.4. The highest BCUT2D eigenvalue weighted by atomic mass is 32.2. The summed E-state index contributed by atoms with van der Waals surface area (Å²) in [7, 11) is 0. The first-order valence-corrected chi connectivity index (χ1v) is 9.68. The van der Waals surface area contributed by atoms with Crippen molar-refractivity contribution >= 4 is 17.7 Å². The predicted molar refractivity (Wildman–Crippen MR) is 98.7 cm³/mol. The summed E-state index contributed by atoms with van der Waals surface area (Å²) in [6.45, 7) is 4.46. The lowest BCUT2D eigenvalue weighted by atomic mass is 9.88. The molecule has 0 saturated carbocycles. The fourth-order valence-corrected chi connectivity index (χ4v) is 4.11. The second-order valence-corrected chi connectivity index (χ2v) is 7.68. The molecule has 2 atom stereocenters. The van der Waals surface area contributed by atoms with Crippen LogP contribution in [0.4, 0.5) is 0 Å². The molecule has 0 radical (unpaired) electrons. The van der Waals surface area contributed by atoms with Gasteiger partial charge in [-0.15, -0.1) is 5.10 Å². The number of amides is 1. The van der Waals surface area contributed by atoms with Gasteiger partial charge in [-0.2, -0.15) is 0 Å². The Morgan fingerprint density at radius 1 is 1.48 bits per heavy atom. The van der Waals surface area contributed by atoms with Crippen LogP contribution in [0.2, 0.25) is 0 Å². The summed E-state index contributed by atoms with van der Waals surface area (Å²) in [5.41, 5.74) is 2.32. The number of hydrogen-bond donors (Lipinski definition) is 2. The van der Waals surface area contributed by atoms with E-state index in [1.54, 1.807) is 4.57 Å². The average Bonchev–Trinajstić information content (AvgIpc) is 2.96. The van der Waals surface area contributed by atoms with Crippen LogP contribution in [-0.4, -0.2) is 25.9 Å². The van der Waals surface area contributed by atoms with Crippen LogP contribution in [0.25, 0.3) is 0 Å². The van der Waals surface area contributed by atoms with E-state index in [2.05, 4.69) is 27.6 Å². The van der Waals surface area contributed by atoms with E-state index in [0.717, 1.165) is 25.7 Å². The number of aromatic amines is 1. The third-order valence-corrected chi connectivity index (χ3v) is 5.60. The number of thioether (sulfide) groups is 1. The van der Waals surface area contributed by atoms with E-state index >= 15 is 0 Å². The maximum atomic E-state index is 12.6. The molecule has 0 unspecified atom stereocenters. The number of fused-ring (bicyclic) bond motifs is 1. The molecule has 0 spiro atoms. The topological polar surface area (TPSA) is 79.8 Å². The van der Waals surface area contributed by atoms with Crippen molar-refractivity contribution in [3.05, 3.63) is 45.9 Å². The monoisotopic (exact) mass is 360 g/mol. The lowest BCUT2D eigenvalue weighted by molar-refractivity contribution is -0.121. The fourth-order valence-electron chi connectivity index (χ4n) is 3.22. The third kappa shape index (κ3) is 3.98. The molecule has 25 heavy (non-hydrogen) atoms. The Hall–Kier alpha value is -2.02. The number of hydrogen-bond acceptors (Lipinski definition) is 4. The molecular formula is C18H24N4O2S. The number of aryl methyl sites for hydroxylation is 1. The number of carbonyl (C=O) groups is 1. The van der Waals surface area contributed by atoms with Gasteiger partial charge in [0.2, 0.25) is 5.91 Å². The van der Waals surface area contributed by atoms with Gasteiger partial charge in [-0.3, -0.25) is 9.36 Å². The van der Waals surface area contributed by atoms with E-state index in [1.165, 1.54) is 22.9 Å². The molecule has 134 valence electrons. The summed E-state index contributed by atoms with van der Waals surface area (Å²) in [6.07, 6.45) is 3.96. The maximum Gasteiger partial charge on any atom is 0.343 e. The minimum absolute atomic E-state index is 0.0230. The molecule has 0 fully saturated rings. The van der Waals surface area contributed by atoms with E-state index < -0.39 is 0 Å². The van der Waals surface area contributed by atoms with Crippen LogP contribution in [0, 0.1) is 0 Å². The highest BCUT2D eigenvalue weighted by Gasteiger charge is 2.25. The molecular weight excluding hydrogens is 336 g/mol. The number of nitrogens with one attached hydrogen (secondary N) is 2. The molecule has 0 aliphatic heterocycles. The van der Waals surface area contributed by atoms with Gasteiger partial charge in [0, 0.05) is 6.54 Å². The van der Waals surface area contributed by atoms with E-state index in [4.69, 9.17) is 0 Å². The Balaban J connectivity index is 1.67. The second kappa shape index (κ2) is 7.91. The highest BCUT2D eigenvalue weighted by Crippen LogP contribution is 2.30. The molecule has 6 nitrogen and oxygen atoms in total. The Bertz CT molecular complexity index is 798. The molecule has 2 aromatic rings. The van der Waals surface area contributed by atoms with Crippen LogP contribution < -0.4 is 11.0 Å². The molecule has 1 aliphatic rings. The Kier molecular flexibility index (Phi) is 5.63. The molecule has 2 N–H and O–H groups in total. The van der Waals surface area contributed by atoms with Crippen LogP contribution in [0.15, 0.2) is 34.2 Å². The van der Waals surface area contributed by atoms with Gasteiger partial charge in [0.15, 0.2) is 5.16 Å². The summed E-state index contributed by atoms with van der Waals surface area (Å²) in [6, 6.07) is 8.38. The van der Waals surface area contributed by atoms with Crippen molar-refractivity contribution in [2.75, 3.05) is 0 Å². The first-order valence-electron chi connectivity index (χ1n) is 8.80. The molecule has 3 rings (SSSR count). The van der Waals surface area contributed by atoms with Crippen molar-refractivity contribution in [2.24, 2.45) is 0 Å². The van der Waals surface area contributed by atoms with Gasteiger partial charge in [0.05, 0.1) is 11.3 Å². The Labute approximate surface area is 151 Å². The number of nitrogens with zero attached hydrogens (tertiary/aromatic N) is 2. The molecule has 1 aromatic heterocycles. The normalized spacial score (nSPS) is 17.8. The molecule has 1 aromatic carbocycles. The lowest BCUT2D eigenvalue weighted by Crippen LogP contribution is -2.36. The number of rotatable bonds is 6. The van der Waals surface area contributed by atoms with Crippen LogP contribution in [0.1, 0.15) is 50.3 Å². The van der Waals surface area contributed by atoms with E-state index in [9.17, 15) is 9.59 Å². The van der Waals surface area contributed by atoms with E-state index in [1.807, 2.05) is 26.0 Å². The average molecular weight is 360 g/mol. The predicted octanol–water partition coefficient (Wildman–Crippen LogP) is 2.66. The van der Waals surface area contributed by atoms with Crippen molar-refractivity contribution in [1.29, 1.82) is 0 Å². The minimum Gasteiger partial charge on any atom is -0.348 e. The Morgan fingerprint density at radius 3 is 3.08 bits per heavy atom. The number of benzene rings is 1. The first-order chi connectivity index (χ1) is 12.1. The van der Waals surface area contributed by atoms with Crippen molar-refractivity contribution < 1.29 is 4.79 Å². The van der Waals surface area contributed by atoms with Crippen molar-refractivity contribution in [3.63, 3.8) is 0 Å². The fraction of sp³-hybridized carbons (Fsp3) is 0.500. The van der Waals surface area contributed by atoms with Crippen LogP contribution in [0.3, 0.4) is 0 Å². The largest absolute Gasteiger partial charge is 0.348 e. The smallest absolute Gasteiger partial charge is 0.343 e. The standard InChI is InChI=1S/C18H24N4O2S/c1-3-11-22-17(24)20-21-18(22)25-12(2)16(23)19-15-10-6-8-13-7-4-5-9-14(13)15/h4-5,7,9,12,15H,3,6,8,10-11H2,1-2H3,(H,19,23)(H,20,24)/t12-,15-/m1/s1. The summed E-state index contributed by atoms with van der Waals surface area (Å²) in [5.74, 6) is -0.0230. The van der Waals surface area contributed by atoms with Gasteiger partial charge in [-0.05, 0) is 43.7 Å². The van der Waals surface area contributed by atoms with Gasteiger partial charge in [0.25, 0.3) is 0 Å². The van der Waals surface area contributed by atoms with Gasteiger partial charge in [-0.25, -0.2) is 9.89 Å². The quantitative estimate of drug-likeness (QED) is 0.776. The zero-order valence-corrected chi connectivity index (χ0v) is 15.4. The third-order valence-electron chi connectivity index (χ3n) is 4.51. The van der Waals surface area contributed by atoms with Gasteiger partial charge >= 0.3 is 5.69 Å². The molecule has 1 amide bonds. The van der Waals surface area contributed by atoms with Crippen LogP contribution in [0.5, 0.6) is 0 Å². The van der Waals surface area contributed by atoms with Gasteiger partial charge in [0.1, 0.15) is 0 Å². The Morgan fingerprint density at radius 2 is 2.28 bits per heavy atom. The van der Waals surface area contributed by atoms with Gasteiger partial charge in [-0.1, -0.05) is 43.0 Å². The first kappa shape index (κ1) is 17.8. The van der Waals surface area contributed by atoms with Crippen molar-refractivity contribution in [2.45, 2.75) is 62.5 Å². The second-order valence-electron chi connectivity index (χ2n) is 6.38. The molecule has 0 bridgehead atoms.